The van der Waals surface area contributed by atoms with Crippen molar-refractivity contribution in [2.24, 2.45) is 0 Å². The van der Waals surface area contributed by atoms with Crippen LogP contribution < -0.4 is 20.7 Å². The number of carbonyl (C=O) groups excluding carboxylic acids is 2. The van der Waals surface area contributed by atoms with Crippen LogP contribution in [0.3, 0.4) is 0 Å². The van der Waals surface area contributed by atoms with Gasteiger partial charge >= 0.3 is 0 Å². The van der Waals surface area contributed by atoms with E-state index in [0.29, 0.717) is 13.2 Å². The molecule has 0 aliphatic carbocycles. The minimum atomic E-state index is -0.387. The lowest BCUT2D eigenvalue weighted by Gasteiger charge is -2.23. The van der Waals surface area contributed by atoms with Crippen molar-refractivity contribution < 1.29 is 14.3 Å². The fourth-order valence-electron chi connectivity index (χ4n) is 2.25. The maximum atomic E-state index is 12.0. The quantitative estimate of drug-likeness (QED) is 0.680. The predicted octanol–water partition coefficient (Wildman–Crippen LogP) is -0.352. The number of piperazine rings is 1. The summed E-state index contributed by atoms with van der Waals surface area (Å²) in [6.07, 6.45) is 0.872. The summed E-state index contributed by atoms with van der Waals surface area (Å²) in [5, 5.41) is 8.40. The van der Waals surface area contributed by atoms with E-state index in [9.17, 15) is 9.59 Å². The van der Waals surface area contributed by atoms with Crippen molar-refractivity contribution >= 4 is 17.5 Å². The molecule has 2 aliphatic rings. The molecule has 3 N–H and O–H groups in total. The molecule has 1 aromatic carbocycles. The van der Waals surface area contributed by atoms with E-state index in [1.54, 1.807) is 0 Å². The number of carbonyl (C=O) groups is 2. The van der Waals surface area contributed by atoms with Crippen molar-refractivity contribution in [1.29, 1.82) is 0 Å². The highest BCUT2D eigenvalue weighted by molar-refractivity contribution is 5.96. The zero-order chi connectivity index (χ0) is 13.2. The van der Waals surface area contributed by atoms with Gasteiger partial charge in [0.25, 0.3) is 0 Å². The SMILES string of the molecule is O=C1CNC(C(=O)Nc2ccc3c(c2)CCO3)CN1. The summed E-state index contributed by atoms with van der Waals surface area (Å²) >= 11 is 0. The standard InChI is InChI=1S/C13H15N3O3/c17-12-7-14-10(6-15-12)13(18)16-9-1-2-11-8(5-9)3-4-19-11/h1-2,5,10,14H,3-4,6-7H2,(H,15,17)(H,16,18). The highest BCUT2D eigenvalue weighted by atomic mass is 16.5. The van der Waals surface area contributed by atoms with Gasteiger partial charge in [0, 0.05) is 18.7 Å². The third-order valence-corrected chi connectivity index (χ3v) is 3.29. The van der Waals surface area contributed by atoms with Crippen molar-refractivity contribution in [1.82, 2.24) is 10.6 Å². The van der Waals surface area contributed by atoms with E-state index in [1.807, 2.05) is 18.2 Å². The topological polar surface area (TPSA) is 79.5 Å². The Morgan fingerprint density at radius 3 is 3.11 bits per heavy atom. The van der Waals surface area contributed by atoms with Crippen LogP contribution in [0.2, 0.25) is 0 Å². The normalized spacial score (nSPS) is 21.3. The minimum Gasteiger partial charge on any atom is -0.493 e. The molecule has 2 aliphatic heterocycles. The van der Waals surface area contributed by atoms with Gasteiger partial charge in [-0.3, -0.25) is 14.9 Å². The van der Waals surface area contributed by atoms with Gasteiger partial charge in [-0.2, -0.15) is 0 Å². The van der Waals surface area contributed by atoms with Crippen LogP contribution in [0.25, 0.3) is 0 Å². The monoisotopic (exact) mass is 261 g/mol. The number of nitrogens with one attached hydrogen (secondary N) is 3. The second-order valence-corrected chi connectivity index (χ2v) is 4.65. The first-order chi connectivity index (χ1) is 9.22. The molecule has 0 saturated carbocycles. The second-order valence-electron chi connectivity index (χ2n) is 4.65. The largest absolute Gasteiger partial charge is 0.493 e. The number of rotatable bonds is 2. The van der Waals surface area contributed by atoms with Gasteiger partial charge in [-0.15, -0.1) is 0 Å². The smallest absolute Gasteiger partial charge is 0.243 e. The van der Waals surface area contributed by atoms with E-state index in [4.69, 9.17) is 4.74 Å². The zero-order valence-electron chi connectivity index (χ0n) is 10.4. The van der Waals surface area contributed by atoms with Gasteiger partial charge in [-0.05, 0) is 23.8 Å². The van der Waals surface area contributed by atoms with Crippen molar-refractivity contribution in [2.75, 3.05) is 25.0 Å². The van der Waals surface area contributed by atoms with E-state index in [0.717, 1.165) is 23.4 Å². The summed E-state index contributed by atoms with van der Waals surface area (Å²) < 4.78 is 5.41. The van der Waals surface area contributed by atoms with Crippen LogP contribution in [0.4, 0.5) is 5.69 Å². The van der Waals surface area contributed by atoms with Gasteiger partial charge in [0.1, 0.15) is 11.8 Å². The average Bonchev–Trinajstić information content (AvgIpc) is 2.87. The lowest BCUT2D eigenvalue weighted by molar-refractivity contribution is -0.124. The molecule has 6 nitrogen and oxygen atoms in total. The molecule has 6 heteroatoms. The fraction of sp³-hybridized carbons (Fsp3) is 0.385. The third kappa shape index (κ3) is 2.53. The fourth-order valence-corrected chi connectivity index (χ4v) is 2.25. The Kier molecular flexibility index (Phi) is 3.08. The molecular formula is C13H15N3O3. The van der Waals surface area contributed by atoms with E-state index in [2.05, 4.69) is 16.0 Å². The van der Waals surface area contributed by atoms with Crippen molar-refractivity contribution in [3.05, 3.63) is 23.8 Å². The lowest BCUT2D eigenvalue weighted by Crippen LogP contribution is -2.56. The molecule has 19 heavy (non-hydrogen) atoms. The Hall–Kier alpha value is -2.08. The van der Waals surface area contributed by atoms with Crippen LogP contribution in [-0.4, -0.2) is 37.6 Å². The van der Waals surface area contributed by atoms with Crippen LogP contribution in [-0.2, 0) is 16.0 Å². The number of amides is 2. The van der Waals surface area contributed by atoms with Crippen LogP contribution in [0, 0.1) is 0 Å². The number of anilines is 1. The highest BCUT2D eigenvalue weighted by Gasteiger charge is 2.24. The first kappa shape index (κ1) is 12.0. The summed E-state index contributed by atoms with van der Waals surface area (Å²) in [5.41, 5.74) is 1.87. The van der Waals surface area contributed by atoms with Gasteiger partial charge in [0.2, 0.25) is 11.8 Å². The lowest BCUT2D eigenvalue weighted by atomic mass is 10.1. The Balaban J connectivity index is 1.64. The molecule has 1 aromatic rings. The Morgan fingerprint density at radius 2 is 2.32 bits per heavy atom. The van der Waals surface area contributed by atoms with Gasteiger partial charge in [-0.1, -0.05) is 0 Å². The molecular weight excluding hydrogens is 246 g/mol. The average molecular weight is 261 g/mol. The summed E-state index contributed by atoms with van der Waals surface area (Å²) in [5.74, 6) is 0.665. The molecule has 100 valence electrons. The van der Waals surface area contributed by atoms with Gasteiger partial charge in [0.05, 0.1) is 13.2 Å². The molecule has 1 unspecified atom stereocenters. The summed E-state index contributed by atoms with van der Waals surface area (Å²) in [7, 11) is 0. The third-order valence-electron chi connectivity index (χ3n) is 3.29. The van der Waals surface area contributed by atoms with Crippen LogP contribution in [0.5, 0.6) is 5.75 Å². The van der Waals surface area contributed by atoms with Crippen molar-refractivity contribution in [3.63, 3.8) is 0 Å². The molecule has 3 rings (SSSR count). The number of hydrogen-bond acceptors (Lipinski definition) is 4. The van der Waals surface area contributed by atoms with Gasteiger partial charge in [0.15, 0.2) is 0 Å². The first-order valence-electron chi connectivity index (χ1n) is 6.29. The van der Waals surface area contributed by atoms with Crippen molar-refractivity contribution in [3.8, 4) is 5.75 Å². The van der Waals surface area contributed by atoms with Gasteiger partial charge < -0.3 is 15.4 Å². The van der Waals surface area contributed by atoms with E-state index in [-0.39, 0.29) is 24.4 Å². The minimum absolute atomic E-state index is 0.0845. The van der Waals surface area contributed by atoms with Crippen molar-refractivity contribution in [2.45, 2.75) is 12.5 Å². The molecule has 1 saturated heterocycles. The van der Waals surface area contributed by atoms with Crippen LogP contribution >= 0.6 is 0 Å². The Bertz CT molecular complexity index is 520. The summed E-state index contributed by atoms with van der Waals surface area (Å²) in [6.45, 7) is 1.19. The first-order valence-corrected chi connectivity index (χ1v) is 6.29. The number of fused-ring (bicyclic) bond motifs is 1. The predicted molar refractivity (Wildman–Crippen MR) is 69.1 cm³/mol. The molecule has 0 spiro atoms. The molecule has 0 radical (unpaired) electrons. The second kappa shape index (κ2) is 4.89. The molecule has 2 amide bonds. The van der Waals surface area contributed by atoms with Gasteiger partial charge in [-0.25, -0.2) is 0 Å². The highest BCUT2D eigenvalue weighted by Crippen LogP contribution is 2.27. The molecule has 0 bridgehead atoms. The molecule has 1 atom stereocenters. The van der Waals surface area contributed by atoms with Crippen LogP contribution in [0.1, 0.15) is 5.56 Å². The van der Waals surface area contributed by atoms with E-state index in [1.165, 1.54) is 0 Å². The number of ether oxygens (including phenoxy) is 1. The number of benzene rings is 1. The Labute approximate surface area is 110 Å². The molecule has 0 aromatic heterocycles. The molecule has 1 fully saturated rings. The van der Waals surface area contributed by atoms with E-state index >= 15 is 0 Å². The maximum absolute atomic E-state index is 12.0. The maximum Gasteiger partial charge on any atom is 0.243 e. The Morgan fingerprint density at radius 1 is 1.42 bits per heavy atom. The molecule has 2 heterocycles. The van der Waals surface area contributed by atoms with Crippen LogP contribution in [0.15, 0.2) is 18.2 Å². The summed E-state index contributed by atoms with van der Waals surface area (Å²) in [6, 6.07) is 5.24. The summed E-state index contributed by atoms with van der Waals surface area (Å²) in [4.78, 5) is 23.0. The zero-order valence-corrected chi connectivity index (χ0v) is 10.4. The number of hydrogen-bond donors (Lipinski definition) is 3. The van der Waals surface area contributed by atoms with E-state index < -0.39 is 0 Å².